The summed E-state index contributed by atoms with van der Waals surface area (Å²) in [7, 11) is 0. The highest BCUT2D eigenvalue weighted by molar-refractivity contribution is 7.17. The summed E-state index contributed by atoms with van der Waals surface area (Å²) >= 11 is 3.46. The molecule has 1 aliphatic rings. The van der Waals surface area contributed by atoms with Crippen LogP contribution >= 0.6 is 22.7 Å². The number of nitrogens with zero attached hydrogens (tertiary/aromatic N) is 1. The summed E-state index contributed by atoms with van der Waals surface area (Å²) in [4.78, 5) is 16.2. The van der Waals surface area contributed by atoms with E-state index in [0.29, 0.717) is 6.54 Å². The number of carbonyl (C=O) groups is 1. The molecule has 1 atom stereocenters. The molecule has 5 heteroatoms. The van der Waals surface area contributed by atoms with Crippen molar-refractivity contribution in [3.63, 3.8) is 0 Å². The van der Waals surface area contributed by atoms with Crippen LogP contribution in [-0.4, -0.2) is 22.9 Å². The molecule has 3 aromatic rings. The number of rotatable bonds is 5. The third kappa shape index (κ3) is 2.77. The molecule has 2 aromatic heterocycles. The van der Waals surface area contributed by atoms with E-state index in [-0.39, 0.29) is 11.4 Å². The van der Waals surface area contributed by atoms with Crippen LogP contribution in [0.25, 0.3) is 10.1 Å². The van der Waals surface area contributed by atoms with Crippen LogP contribution in [0.15, 0.2) is 47.2 Å². The maximum Gasteiger partial charge on any atom is 0.240 e. The van der Waals surface area contributed by atoms with Crippen molar-refractivity contribution >= 4 is 38.7 Å². The van der Waals surface area contributed by atoms with E-state index in [9.17, 15) is 4.79 Å². The third-order valence-electron chi connectivity index (χ3n) is 4.98. The molecule has 1 saturated heterocycles. The van der Waals surface area contributed by atoms with Crippen LogP contribution in [0.2, 0.25) is 0 Å². The van der Waals surface area contributed by atoms with Gasteiger partial charge in [0.15, 0.2) is 0 Å². The van der Waals surface area contributed by atoms with Crippen molar-refractivity contribution in [2.75, 3.05) is 6.54 Å². The Morgan fingerprint density at radius 1 is 1.25 bits per heavy atom. The van der Waals surface area contributed by atoms with Gasteiger partial charge in [-0.3, -0.25) is 9.69 Å². The molecule has 1 fully saturated rings. The van der Waals surface area contributed by atoms with Gasteiger partial charge in [0.05, 0.1) is 12.1 Å². The van der Waals surface area contributed by atoms with E-state index in [1.807, 2.05) is 11.4 Å². The number of carbonyl (C=O) groups excluding carboxylic acids is 1. The highest BCUT2D eigenvalue weighted by atomic mass is 32.1. The lowest BCUT2D eigenvalue weighted by molar-refractivity contribution is -0.142. The molecule has 3 heterocycles. The molecule has 0 bridgehead atoms. The zero-order chi connectivity index (χ0) is 16.6. The van der Waals surface area contributed by atoms with E-state index in [1.54, 1.807) is 22.7 Å². The zero-order valence-electron chi connectivity index (χ0n) is 13.6. The Labute approximate surface area is 149 Å². The van der Waals surface area contributed by atoms with Crippen LogP contribution < -0.4 is 5.32 Å². The van der Waals surface area contributed by atoms with Crippen LogP contribution in [-0.2, 0) is 17.9 Å². The second-order valence-electron chi connectivity index (χ2n) is 6.46. The molecule has 1 aromatic carbocycles. The highest BCUT2D eigenvalue weighted by Crippen LogP contribution is 2.35. The Morgan fingerprint density at radius 2 is 2.12 bits per heavy atom. The molecule has 0 aliphatic carbocycles. The Kier molecular flexibility index (Phi) is 4.16. The second-order valence-corrected chi connectivity index (χ2v) is 8.41. The lowest BCUT2D eigenvalue weighted by Crippen LogP contribution is -2.65. The predicted molar refractivity (Wildman–Crippen MR) is 101 cm³/mol. The number of likely N-dealkylation sites (tertiary alicyclic amines) is 1. The van der Waals surface area contributed by atoms with Crippen molar-refractivity contribution in [3.05, 3.63) is 57.6 Å². The first-order valence-corrected chi connectivity index (χ1v) is 9.93. The zero-order valence-corrected chi connectivity index (χ0v) is 15.3. The summed E-state index contributed by atoms with van der Waals surface area (Å²) in [6.07, 6.45) is 0.922. The molecule has 24 heavy (non-hydrogen) atoms. The minimum atomic E-state index is -0.389. The van der Waals surface area contributed by atoms with Crippen molar-refractivity contribution in [1.29, 1.82) is 0 Å². The van der Waals surface area contributed by atoms with Gasteiger partial charge in [0.2, 0.25) is 5.91 Å². The molecule has 124 valence electrons. The van der Waals surface area contributed by atoms with Crippen molar-refractivity contribution in [3.8, 4) is 0 Å². The first-order valence-electron chi connectivity index (χ1n) is 8.18. The molecule has 0 spiro atoms. The monoisotopic (exact) mass is 356 g/mol. The van der Waals surface area contributed by atoms with Gasteiger partial charge in [-0.15, -0.1) is 22.7 Å². The fourth-order valence-electron chi connectivity index (χ4n) is 3.25. The third-order valence-corrected chi connectivity index (χ3v) is 6.87. The number of thiophene rings is 2. The molecule has 1 aliphatic heterocycles. The Hall–Kier alpha value is -1.69. The summed E-state index contributed by atoms with van der Waals surface area (Å²) < 4.78 is 1.32. The van der Waals surface area contributed by atoms with E-state index in [2.05, 4.69) is 52.9 Å². The fourth-order valence-corrected chi connectivity index (χ4v) is 4.85. The minimum Gasteiger partial charge on any atom is -0.350 e. The normalized spacial score (nSPS) is 20.9. The molecule has 1 unspecified atom stereocenters. The van der Waals surface area contributed by atoms with Crippen molar-refractivity contribution in [2.24, 2.45) is 0 Å². The first kappa shape index (κ1) is 15.8. The predicted octanol–water partition coefficient (Wildman–Crippen LogP) is 4.24. The van der Waals surface area contributed by atoms with Crippen molar-refractivity contribution in [2.45, 2.75) is 32.0 Å². The molecule has 0 radical (unpaired) electrons. The molecule has 3 nitrogen and oxygen atoms in total. The van der Waals surface area contributed by atoms with Gasteiger partial charge in [0.1, 0.15) is 0 Å². The fraction of sp³-hybridized carbons (Fsp3) is 0.316. The Balaban J connectivity index is 1.45. The summed E-state index contributed by atoms with van der Waals surface area (Å²) in [5, 5.41) is 8.69. The lowest BCUT2D eigenvalue weighted by atomic mass is 9.85. The van der Waals surface area contributed by atoms with Crippen LogP contribution in [0.1, 0.15) is 23.8 Å². The molecule has 0 saturated carbocycles. The number of hydrogen-bond acceptors (Lipinski definition) is 4. The van der Waals surface area contributed by atoms with Crippen molar-refractivity contribution < 1.29 is 4.79 Å². The summed E-state index contributed by atoms with van der Waals surface area (Å²) in [6.45, 7) is 4.51. The van der Waals surface area contributed by atoms with Crippen LogP contribution in [0.5, 0.6) is 0 Å². The van der Waals surface area contributed by atoms with Gasteiger partial charge in [-0.1, -0.05) is 24.3 Å². The van der Waals surface area contributed by atoms with Crippen LogP contribution in [0, 0.1) is 0 Å². The summed E-state index contributed by atoms with van der Waals surface area (Å²) in [6, 6.07) is 12.6. The van der Waals surface area contributed by atoms with Gasteiger partial charge in [-0.05, 0) is 47.2 Å². The largest absolute Gasteiger partial charge is 0.350 e. The lowest BCUT2D eigenvalue weighted by Gasteiger charge is -2.49. The Bertz CT molecular complexity index is 855. The maximum absolute atomic E-state index is 12.7. The SMILES string of the molecule is CC1(C(=O)NCc2cccs2)CCN1Cc1csc2ccccc12. The summed E-state index contributed by atoms with van der Waals surface area (Å²) in [5.74, 6) is 0.140. The van der Waals surface area contributed by atoms with Gasteiger partial charge in [0.25, 0.3) is 0 Å². The van der Waals surface area contributed by atoms with E-state index in [4.69, 9.17) is 0 Å². The Morgan fingerprint density at radius 3 is 2.88 bits per heavy atom. The number of hydrogen-bond donors (Lipinski definition) is 1. The van der Waals surface area contributed by atoms with Gasteiger partial charge in [0, 0.05) is 22.7 Å². The number of benzene rings is 1. The van der Waals surface area contributed by atoms with Crippen molar-refractivity contribution in [1.82, 2.24) is 10.2 Å². The maximum atomic E-state index is 12.7. The van der Waals surface area contributed by atoms with E-state index in [0.717, 1.165) is 19.5 Å². The molecule has 1 amide bonds. The van der Waals surface area contributed by atoms with Gasteiger partial charge in [-0.25, -0.2) is 0 Å². The van der Waals surface area contributed by atoms with E-state index >= 15 is 0 Å². The van der Waals surface area contributed by atoms with Gasteiger partial charge < -0.3 is 5.32 Å². The second kappa shape index (κ2) is 6.31. The quantitative estimate of drug-likeness (QED) is 0.741. The number of amides is 1. The van der Waals surface area contributed by atoms with Gasteiger partial charge in [-0.2, -0.15) is 0 Å². The summed E-state index contributed by atoms with van der Waals surface area (Å²) in [5.41, 5.74) is 0.938. The number of nitrogens with one attached hydrogen (secondary N) is 1. The van der Waals surface area contributed by atoms with Crippen LogP contribution in [0.4, 0.5) is 0 Å². The topological polar surface area (TPSA) is 32.3 Å². The standard InChI is InChI=1S/C19H20N2OS2/c1-19(18(22)20-11-15-5-4-10-23-15)8-9-21(19)12-14-13-24-17-7-3-2-6-16(14)17/h2-7,10,13H,8-9,11-12H2,1H3,(H,20,22). The average molecular weight is 357 g/mol. The number of fused-ring (bicyclic) bond motifs is 1. The van der Waals surface area contributed by atoms with Gasteiger partial charge >= 0.3 is 0 Å². The first-order chi connectivity index (χ1) is 11.7. The van der Waals surface area contributed by atoms with Crippen LogP contribution in [0.3, 0.4) is 0 Å². The molecular formula is C19H20N2OS2. The minimum absolute atomic E-state index is 0.140. The smallest absolute Gasteiger partial charge is 0.240 e. The van der Waals surface area contributed by atoms with E-state index in [1.165, 1.54) is 20.5 Å². The average Bonchev–Trinajstić information content (AvgIpc) is 3.25. The molecule has 1 N–H and O–H groups in total. The van der Waals surface area contributed by atoms with E-state index < -0.39 is 0 Å². The highest BCUT2D eigenvalue weighted by Gasteiger charge is 2.46. The molecule has 4 rings (SSSR count). The molecular weight excluding hydrogens is 336 g/mol.